The summed E-state index contributed by atoms with van der Waals surface area (Å²) in [5.74, 6) is -0.746. The fraction of sp³-hybridized carbons (Fsp3) is 0.333. The number of rotatable bonds is 7. The van der Waals surface area contributed by atoms with Crippen LogP contribution in [0.25, 0.3) is 10.9 Å². The number of nitrogens with zero attached hydrogens (tertiary/aromatic N) is 4. The summed E-state index contributed by atoms with van der Waals surface area (Å²) in [6.45, 7) is 1.28. The molecule has 0 aliphatic heterocycles. The average molecular weight is 543 g/mol. The van der Waals surface area contributed by atoms with E-state index in [9.17, 15) is 19.7 Å². The van der Waals surface area contributed by atoms with Crippen molar-refractivity contribution in [3.63, 3.8) is 0 Å². The highest BCUT2D eigenvalue weighted by Gasteiger charge is 2.23. The molecule has 0 unspecified atom stereocenters. The quantitative estimate of drug-likeness (QED) is 0.256. The van der Waals surface area contributed by atoms with Crippen LogP contribution in [0.1, 0.15) is 56.3 Å². The molecule has 1 aliphatic carbocycles. The molecular weight excluding hydrogens is 520 g/mol. The first-order valence-electron chi connectivity index (χ1n) is 11.2. The third kappa shape index (κ3) is 5.40. The monoisotopic (exact) mass is 542 g/mol. The molecule has 3 aromatic rings. The van der Waals surface area contributed by atoms with Gasteiger partial charge in [0.2, 0.25) is 0 Å². The molecule has 1 fully saturated rings. The summed E-state index contributed by atoms with van der Waals surface area (Å²) < 4.78 is 7.24. The summed E-state index contributed by atoms with van der Waals surface area (Å²) in [4.78, 5) is 40.1. The maximum absolute atomic E-state index is 13.4. The fourth-order valence-electron chi connectivity index (χ4n) is 4.12. The second-order valence-corrected chi connectivity index (χ2v) is 9.33. The highest BCUT2D eigenvalue weighted by atomic mass is 79.9. The summed E-state index contributed by atoms with van der Waals surface area (Å²) in [5, 5.41) is 25.4. The zero-order valence-corrected chi connectivity index (χ0v) is 20.5. The van der Waals surface area contributed by atoms with Gasteiger partial charge in [-0.2, -0.15) is 9.78 Å². The summed E-state index contributed by atoms with van der Waals surface area (Å²) in [5.41, 5.74) is 0.220. The number of nitro benzene ring substituents is 1. The van der Waals surface area contributed by atoms with Crippen LogP contribution in [0.4, 0.5) is 5.69 Å². The Bertz CT molecular complexity index is 1380. The third-order valence-corrected chi connectivity index (χ3v) is 6.45. The molecule has 182 valence electrons. The Morgan fingerprint density at radius 2 is 2.03 bits per heavy atom. The second-order valence-electron chi connectivity index (χ2n) is 8.41. The van der Waals surface area contributed by atoms with Gasteiger partial charge in [0.15, 0.2) is 11.9 Å². The normalized spacial score (nSPS) is 15.4. The molecule has 1 aromatic heterocycles. The van der Waals surface area contributed by atoms with Gasteiger partial charge < -0.3 is 9.84 Å². The van der Waals surface area contributed by atoms with Crippen LogP contribution in [0.5, 0.6) is 5.75 Å². The van der Waals surface area contributed by atoms with Crippen molar-refractivity contribution in [2.75, 3.05) is 0 Å². The number of carboxylic acid groups (broad SMARTS) is 1. The van der Waals surface area contributed by atoms with Crippen LogP contribution in [0, 0.1) is 10.1 Å². The molecule has 0 saturated heterocycles. The van der Waals surface area contributed by atoms with Gasteiger partial charge >= 0.3 is 11.7 Å². The predicted molar refractivity (Wildman–Crippen MR) is 133 cm³/mol. The molecule has 1 N–H and O–H groups in total. The van der Waals surface area contributed by atoms with Gasteiger partial charge in [-0.05, 0) is 50.1 Å². The lowest BCUT2D eigenvalue weighted by atomic mass is 9.88. The molecule has 1 heterocycles. The minimum Gasteiger partial charge on any atom is -0.479 e. The van der Waals surface area contributed by atoms with Crippen molar-refractivity contribution in [1.29, 1.82) is 0 Å². The zero-order chi connectivity index (χ0) is 25.1. The molecule has 35 heavy (non-hydrogen) atoms. The van der Waals surface area contributed by atoms with Gasteiger partial charge in [0, 0.05) is 22.0 Å². The molecule has 0 radical (unpaired) electrons. The maximum atomic E-state index is 13.4. The molecule has 0 spiro atoms. The Morgan fingerprint density at radius 3 is 2.71 bits per heavy atom. The number of ether oxygens (including phenoxy) is 1. The Balaban J connectivity index is 1.77. The topological polar surface area (TPSA) is 137 Å². The minimum absolute atomic E-state index is 0.0873. The van der Waals surface area contributed by atoms with Crippen molar-refractivity contribution in [2.24, 2.45) is 5.10 Å². The van der Waals surface area contributed by atoms with E-state index in [2.05, 4.69) is 21.0 Å². The lowest BCUT2D eigenvalue weighted by Gasteiger charge is -2.22. The SMILES string of the molecule is C[C@H](Oc1ccc(C=Nn2c(C3CCCCC3)nc3ccc(Br)cc3c2=O)cc1[N+](=O)[O-])C(=O)O. The number of nitro groups is 1. The number of benzene rings is 2. The van der Waals surface area contributed by atoms with Crippen molar-refractivity contribution >= 4 is 44.7 Å². The average Bonchev–Trinajstić information content (AvgIpc) is 2.84. The lowest BCUT2D eigenvalue weighted by molar-refractivity contribution is -0.386. The van der Waals surface area contributed by atoms with Crippen molar-refractivity contribution in [3.05, 3.63) is 72.7 Å². The molecular formula is C24H23BrN4O6. The van der Waals surface area contributed by atoms with Gasteiger partial charge in [0.25, 0.3) is 5.56 Å². The fourth-order valence-corrected chi connectivity index (χ4v) is 4.49. The largest absolute Gasteiger partial charge is 0.479 e. The zero-order valence-electron chi connectivity index (χ0n) is 18.9. The van der Waals surface area contributed by atoms with E-state index in [1.807, 2.05) is 6.07 Å². The standard InChI is InChI=1S/C24H23BrN4O6/c1-14(24(31)32)35-21-10-7-15(11-20(21)29(33)34)13-26-28-22(16-5-3-2-4-6-16)27-19-9-8-17(25)12-18(19)23(28)30/h7-14,16H,2-6H2,1H3,(H,31,32)/t14-/m0/s1. The number of aliphatic carboxylic acids is 1. The smallest absolute Gasteiger partial charge is 0.344 e. The molecule has 0 bridgehead atoms. The van der Waals surface area contributed by atoms with Gasteiger partial charge in [-0.3, -0.25) is 14.9 Å². The summed E-state index contributed by atoms with van der Waals surface area (Å²) in [6, 6.07) is 9.38. The first kappa shape index (κ1) is 24.5. The number of halogens is 1. The Morgan fingerprint density at radius 1 is 1.29 bits per heavy atom. The first-order chi connectivity index (χ1) is 16.7. The van der Waals surface area contributed by atoms with Crippen molar-refractivity contribution in [1.82, 2.24) is 9.66 Å². The second kappa shape index (κ2) is 10.3. The van der Waals surface area contributed by atoms with Crippen LogP contribution in [-0.4, -0.2) is 38.0 Å². The minimum atomic E-state index is -1.26. The van der Waals surface area contributed by atoms with Gasteiger partial charge in [-0.1, -0.05) is 35.2 Å². The van der Waals surface area contributed by atoms with Crippen LogP contribution in [0.2, 0.25) is 0 Å². The van der Waals surface area contributed by atoms with Crippen LogP contribution in [0.15, 0.2) is 50.8 Å². The van der Waals surface area contributed by atoms with E-state index < -0.39 is 22.7 Å². The highest BCUT2D eigenvalue weighted by molar-refractivity contribution is 9.10. The van der Waals surface area contributed by atoms with Crippen LogP contribution in [-0.2, 0) is 4.79 Å². The number of hydrogen-bond acceptors (Lipinski definition) is 7. The lowest BCUT2D eigenvalue weighted by Crippen LogP contribution is -2.25. The molecule has 11 heteroatoms. The van der Waals surface area contributed by atoms with E-state index in [0.717, 1.165) is 36.6 Å². The number of aromatic nitrogens is 2. The summed E-state index contributed by atoms with van der Waals surface area (Å²) in [7, 11) is 0. The maximum Gasteiger partial charge on any atom is 0.344 e. The Hall–Kier alpha value is -3.60. The van der Waals surface area contributed by atoms with Crippen molar-refractivity contribution in [2.45, 2.75) is 51.0 Å². The molecule has 2 aromatic carbocycles. The van der Waals surface area contributed by atoms with Gasteiger partial charge in [-0.25, -0.2) is 9.78 Å². The molecule has 1 atom stereocenters. The van der Waals surface area contributed by atoms with E-state index in [1.54, 1.807) is 12.1 Å². The van der Waals surface area contributed by atoms with E-state index >= 15 is 0 Å². The van der Waals surface area contributed by atoms with E-state index in [-0.39, 0.29) is 17.2 Å². The number of fused-ring (bicyclic) bond motifs is 1. The summed E-state index contributed by atoms with van der Waals surface area (Å²) in [6.07, 6.45) is 5.15. The highest BCUT2D eigenvalue weighted by Crippen LogP contribution is 2.32. The number of carbonyl (C=O) groups is 1. The Labute approximate surface area is 208 Å². The van der Waals surface area contributed by atoms with Crippen LogP contribution >= 0.6 is 15.9 Å². The summed E-state index contributed by atoms with van der Waals surface area (Å²) >= 11 is 3.39. The third-order valence-electron chi connectivity index (χ3n) is 5.96. The molecule has 1 saturated carbocycles. The van der Waals surface area contributed by atoms with E-state index in [4.69, 9.17) is 14.8 Å². The predicted octanol–water partition coefficient (Wildman–Crippen LogP) is 4.85. The van der Waals surface area contributed by atoms with E-state index in [0.29, 0.717) is 22.3 Å². The molecule has 4 rings (SSSR count). The molecule has 10 nitrogen and oxygen atoms in total. The van der Waals surface area contributed by atoms with Crippen LogP contribution in [0.3, 0.4) is 0 Å². The Kier molecular flexibility index (Phi) is 7.25. The van der Waals surface area contributed by atoms with Gasteiger partial charge in [0.1, 0.15) is 5.82 Å². The van der Waals surface area contributed by atoms with Crippen LogP contribution < -0.4 is 10.3 Å². The number of carboxylic acids is 1. The van der Waals surface area contributed by atoms with Crippen molar-refractivity contribution < 1.29 is 19.6 Å². The molecule has 0 amide bonds. The van der Waals surface area contributed by atoms with Crippen molar-refractivity contribution in [3.8, 4) is 5.75 Å². The van der Waals surface area contributed by atoms with E-state index in [1.165, 1.54) is 36.0 Å². The molecule has 1 aliphatic rings. The van der Waals surface area contributed by atoms with Gasteiger partial charge in [0.05, 0.1) is 22.0 Å². The number of hydrogen-bond donors (Lipinski definition) is 1. The van der Waals surface area contributed by atoms with Gasteiger partial charge in [-0.15, -0.1) is 0 Å². The first-order valence-corrected chi connectivity index (χ1v) is 12.0.